The lowest BCUT2D eigenvalue weighted by molar-refractivity contribution is 1.17. The molecule has 0 aromatic carbocycles. The number of nitrogens with zero attached hydrogens (tertiary/aromatic N) is 3. The van der Waals surface area contributed by atoms with Gasteiger partial charge in [-0.3, -0.25) is 0 Å². The average Bonchev–Trinajstić information content (AvgIpc) is 2.34. The average molecular weight is 280 g/mol. The van der Waals surface area contributed by atoms with E-state index >= 15 is 0 Å². The molecule has 56 valence electrons. The lowest BCUT2D eigenvalue weighted by atomic mass is 10.6. The molecule has 0 unspecified atom stereocenters. The van der Waals surface area contributed by atoms with E-state index in [1.54, 1.807) is 6.33 Å². The van der Waals surface area contributed by atoms with E-state index in [0.29, 0.717) is 5.65 Å². The summed E-state index contributed by atoms with van der Waals surface area (Å²) in [6.45, 7) is 0. The Balaban J connectivity index is 2.91. The van der Waals surface area contributed by atoms with Crippen LogP contribution in [0.3, 0.4) is 0 Å². The van der Waals surface area contributed by atoms with Gasteiger partial charge in [-0.1, -0.05) is 0 Å². The van der Waals surface area contributed by atoms with Gasteiger partial charge in [0.15, 0.2) is 5.65 Å². The third kappa shape index (κ3) is 1.18. The Kier molecular flexibility index (Phi) is 1.68. The number of aromatic nitrogens is 4. The van der Waals surface area contributed by atoms with Gasteiger partial charge in [0, 0.05) is 0 Å². The number of hydrogen-bond donors (Lipinski definition) is 1. The molecule has 4 nitrogen and oxygen atoms in total. The molecule has 11 heavy (non-hydrogen) atoms. The quantitative estimate of drug-likeness (QED) is 0.453. The molecule has 0 bridgehead atoms. The lowest BCUT2D eigenvalue weighted by Crippen LogP contribution is -1.87. The molecule has 1 N–H and O–H groups in total. The highest BCUT2D eigenvalue weighted by molar-refractivity contribution is 14.1. The Labute approximate surface area is 80.5 Å². The summed E-state index contributed by atoms with van der Waals surface area (Å²) in [5, 5.41) is 0.242. The van der Waals surface area contributed by atoms with Gasteiger partial charge in [0.1, 0.15) is 9.22 Å². The van der Waals surface area contributed by atoms with Crippen molar-refractivity contribution < 1.29 is 0 Å². The van der Waals surface area contributed by atoms with Crippen LogP contribution < -0.4 is 0 Å². The van der Waals surface area contributed by atoms with Crippen LogP contribution in [0.25, 0.3) is 11.2 Å². The predicted octanol–water partition coefficient (Wildman–Crippen LogP) is 1.61. The van der Waals surface area contributed by atoms with Crippen LogP contribution >= 0.6 is 34.2 Å². The van der Waals surface area contributed by atoms with Crippen LogP contribution in [0.2, 0.25) is 5.28 Å². The van der Waals surface area contributed by atoms with Crippen molar-refractivity contribution in [1.29, 1.82) is 0 Å². The Morgan fingerprint density at radius 3 is 3.09 bits per heavy atom. The van der Waals surface area contributed by atoms with Crippen LogP contribution in [0.1, 0.15) is 0 Å². The molecule has 0 aliphatic carbocycles. The third-order valence-electron chi connectivity index (χ3n) is 1.21. The normalized spacial score (nSPS) is 10.7. The van der Waals surface area contributed by atoms with Crippen molar-refractivity contribution >= 4 is 45.4 Å². The van der Waals surface area contributed by atoms with Gasteiger partial charge in [-0.05, 0) is 34.2 Å². The van der Waals surface area contributed by atoms with Crippen molar-refractivity contribution in [3.63, 3.8) is 0 Å². The van der Waals surface area contributed by atoms with Gasteiger partial charge >= 0.3 is 0 Å². The summed E-state index contributed by atoms with van der Waals surface area (Å²) in [5.41, 5.74) is 1.43. The SMILES string of the molecule is Clc1nc(I)c2nc[nH]c2n1. The fourth-order valence-electron chi connectivity index (χ4n) is 0.775. The fraction of sp³-hybridized carbons (Fsp3) is 0. The smallest absolute Gasteiger partial charge is 0.225 e. The highest BCUT2D eigenvalue weighted by Gasteiger charge is 2.04. The molecule has 0 fully saturated rings. The van der Waals surface area contributed by atoms with Crippen LogP contribution in [0.4, 0.5) is 0 Å². The second-order valence-electron chi connectivity index (χ2n) is 1.88. The van der Waals surface area contributed by atoms with Crippen LogP contribution in [-0.4, -0.2) is 19.9 Å². The zero-order chi connectivity index (χ0) is 7.84. The first-order valence-corrected chi connectivity index (χ1v) is 4.25. The van der Waals surface area contributed by atoms with Crippen molar-refractivity contribution in [1.82, 2.24) is 19.9 Å². The van der Waals surface area contributed by atoms with Crippen LogP contribution in [0.15, 0.2) is 6.33 Å². The zero-order valence-electron chi connectivity index (χ0n) is 5.17. The Hall–Kier alpha value is -0.430. The Bertz CT molecular complexity index is 398. The van der Waals surface area contributed by atoms with Gasteiger partial charge in [-0.2, -0.15) is 4.98 Å². The third-order valence-corrected chi connectivity index (χ3v) is 2.13. The molecule has 2 aromatic rings. The van der Waals surface area contributed by atoms with Crippen molar-refractivity contribution in [2.24, 2.45) is 0 Å². The van der Waals surface area contributed by atoms with Crippen molar-refractivity contribution in [3.05, 3.63) is 15.3 Å². The first-order chi connectivity index (χ1) is 5.27. The van der Waals surface area contributed by atoms with Crippen LogP contribution in [0.5, 0.6) is 0 Å². The number of H-pyrrole nitrogens is 1. The summed E-state index contributed by atoms with van der Waals surface area (Å²) in [6.07, 6.45) is 1.57. The molecular weight excluding hydrogens is 278 g/mol. The summed E-state index contributed by atoms with van der Waals surface area (Å²) in [5.74, 6) is 0. The molecule has 0 atom stereocenters. The molecule has 2 heterocycles. The maximum absolute atomic E-state index is 5.61. The van der Waals surface area contributed by atoms with E-state index < -0.39 is 0 Å². The summed E-state index contributed by atoms with van der Waals surface area (Å²) in [6, 6.07) is 0. The van der Waals surface area contributed by atoms with E-state index in [2.05, 4.69) is 42.5 Å². The van der Waals surface area contributed by atoms with Gasteiger partial charge in [0.25, 0.3) is 0 Å². The molecule has 0 spiro atoms. The molecule has 0 aliphatic heterocycles. The van der Waals surface area contributed by atoms with Gasteiger partial charge in [-0.15, -0.1) is 0 Å². The maximum atomic E-state index is 5.61. The van der Waals surface area contributed by atoms with Crippen LogP contribution in [-0.2, 0) is 0 Å². The van der Waals surface area contributed by atoms with E-state index in [9.17, 15) is 0 Å². The minimum Gasteiger partial charge on any atom is -0.329 e. The van der Waals surface area contributed by atoms with Gasteiger partial charge < -0.3 is 4.98 Å². The minimum atomic E-state index is 0.242. The van der Waals surface area contributed by atoms with E-state index in [1.165, 1.54) is 0 Å². The second kappa shape index (κ2) is 2.56. The molecule has 0 saturated carbocycles. The fourth-order valence-corrected chi connectivity index (χ4v) is 1.71. The maximum Gasteiger partial charge on any atom is 0.225 e. The molecule has 0 saturated heterocycles. The minimum absolute atomic E-state index is 0.242. The molecule has 0 aliphatic rings. The molecular formula is C5H2ClIN4. The number of rotatable bonds is 0. The zero-order valence-corrected chi connectivity index (χ0v) is 8.09. The summed E-state index contributed by atoms with van der Waals surface area (Å²) in [7, 11) is 0. The largest absolute Gasteiger partial charge is 0.329 e. The second-order valence-corrected chi connectivity index (χ2v) is 3.24. The summed E-state index contributed by atoms with van der Waals surface area (Å²) in [4.78, 5) is 14.7. The van der Waals surface area contributed by atoms with E-state index in [-0.39, 0.29) is 5.28 Å². The van der Waals surface area contributed by atoms with E-state index in [4.69, 9.17) is 11.6 Å². The first kappa shape index (κ1) is 7.23. The standard InChI is InChI=1S/C5H2ClIN4/c6-5-10-3(7)2-4(11-5)9-1-8-2/h1H,(H,8,9,10,11). The highest BCUT2D eigenvalue weighted by Crippen LogP contribution is 2.14. The van der Waals surface area contributed by atoms with Gasteiger partial charge in [0.2, 0.25) is 5.28 Å². The molecule has 2 aromatic heterocycles. The topological polar surface area (TPSA) is 54.5 Å². The first-order valence-electron chi connectivity index (χ1n) is 2.79. The number of hydrogen-bond acceptors (Lipinski definition) is 3. The summed E-state index contributed by atoms with van der Waals surface area (Å²) >= 11 is 7.67. The van der Waals surface area contributed by atoms with Crippen LogP contribution in [0, 0.1) is 3.70 Å². The number of nitrogens with one attached hydrogen (secondary N) is 1. The van der Waals surface area contributed by atoms with E-state index in [0.717, 1.165) is 9.22 Å². The molecule has 0 radical (unpaired) electrons. The number of imidazole rings is 1. The number of fused-ring (bicyclic) bond motifs is 1. The summed E-state index contributed by atoms with van der Waals surface area (Å²) < 4.78 is 0.763. The Morgan fingerprint density at radius 2 is 2.27 bits per heavy atom. The molecule has 6 heteroatoms. The number of aromatic amines is 1. The highest BCUT2D eigenvalue weighted by atomic mass is 127. The molecule has 0 amide bonds. The Morgan fingerprint density at radius 1 is 1.45 bits per heavy atom. The van der Waals surface area contributed by atoms with E-state index in [1.807, 2.05) is 0 Å². The van der Waals surface area contributed by atoms with Gasteiger partial charge in [-0.25, -0.2) is 9.97 Å². The van der Waals surface area contributed by atoms with Crippen molar-refractivity contribution in [2.75, 3.05) is 0 Å². The monoisotopic (exact) mass is 280 g/mol. The van der Waals surface area contributed by atoms with Crippen molar-refractivity contribution in [3.8, 4) is 0 Å². The lowest BCUT2D eigenvalue weighted by Gasteiger charge is -1.91. The molecule has 2 rings (SSSR count). The van der Waals surface area contributed by atoms with Crippen molar-refractivity contribution in [2.45, 2.75) is 0 Å². The van der Waals surface area contributed by atoms with Gasteiger partial charge in [0.05, 0.1) is 6.33 Å². The predicted molar refractivity (Wildman–Crippen MR) is 49.4 cm³/mol. The number of halogens is 2.